The molecule has 1 N–H and O–H groups in total. The molecular formula is C22H28ClF2N3O2S. The van der Waals surface area contributed by atoms with Gasteiger partial charge in [0.2, 0.25) is 0 Å². The molecule has 4 rings (SSSR count). The van der Waals surface area contributed by atoms with Crippen molar-refractivity contribution in [2.45, 2.75) is 51.0 Å². The minimum Gasteiger partial charge on any atom is -0.314 e. The van der Waals surface area contributed by atoms with Gasteiger partial charge >= 0.3 is 10.2 Å². The lowest BCUT2D eigenvalue weighted by molar-refractivity contribution is 0.371. The van der Waals surface area contributed by atoms with Crippen molar-refractivity contribution < 1.29 is 17.2 Å². The van der Waals surface area contributed by atoms with Crippen LogP contribution in [0.25, 0.3) is 0 Å². The summed E-state index contributed by atoms with van der Waals surface area (Å²) in [4.78, 5) is 0. The third-order valence-electron chi connectivity index (χ3n) is 5.85. The molecular weight excluding hydrogens is 444 g/mol. The molecule has 2 aliphatic rings. The van der Waals surface area contributed by atoms with E-state index in [-0.39, 0.29) is 24.6 Å². The summed E-state index contributed by atoms with van der Waals surface area (Å²) in [5.74, 6) is -1.82. The average Bonchev–Trinajstić information content (AvgIpc) is 2.95. The van der Waals surface area contributed by atoms with Crippen LogP contribution < -0.4 is 13.9 Å². The van der Waals surface area contributed by atoms with Crippen molar-refractivity contribution in [2.75, 3.05) is 21.7 Å². The zero-order valence-electron chi connectivity index (χ0n) is 17.3. The number of nitrogens with zero attached hydrogens (tertiary/aromatic N) is 2. The molecule has 0 spiro atoms. The van der Waals surface area contributed by atoms with Crippen molar-refractivity contribution in [1.82, 2.24) is 5.32 Å². The van der Waals surface area contributed by atoms with Gasteiger partial charge in [-0.05, 0) is 56.5 Å². The van der Waals surface area contributed by atoms with Crippen LogP contribution in [-0.2, 0) is 10.2 Å². The fraction of sp³-hybridized carbons (Fsp3) is 0.455. The van der Waals surface area contributed by atoms with Crippen LogP contribution in [0.1, 0.15) is 44.9 Å². The highest BCUT2D eigenvalue weighted by molar-refractivity contribution is 7.95. The zero-order chi connectivity index (χ0) is 21.1. The van der Waals surface area contributed by atoms with Gasteiger partial charge in [0.15, 0.2) is 11.6 Å². The monoisotopic (exact) mass is 471 g/mol. The van der Waals surface area contributed by atoms with Crippen molar-refractivity contribution >= 4 is 39.7 Å². The Bertz CT molecular complexity index is 980. The molecule has 1 saturated carbocycles. The van der Waals surface area contributed by atoms with E-state index in [0.717, 1.165) is 29.4 Å². The number of nitrogens with one attached hydrogen (secondary N) is 1. The van der Waals surface area contributed by atoms with E-state index >= 15 is 0 Å². The number of anilines is 3. The van der Waals surface area contributed by atoms with Crippen LogP contribution >= 0.6 is 12.4 Å². The smallest absolute Gasteiger partial charge is 0.314 e. The van der Waals surface area contributed by atoms with Gasteiger partial charge in [-0.1, -0.05) is 37.5 Å². The summed E-state index contributed by atoms with van der Waals surface area (Å²) in [5, 5.41) is 3.56. The van der Waals surface area contributed by atoms with E-state index in [2.05, 4.69) is 5.32 Å². The van der Waals surface area contributed by atoms with Crippen LogP contribution in [0, 0.1) is 11.6 Å². The Morgan fingerprint density at radius 2 is 1.55 bits per heavy atom. The first-order valence-corrected chi connectivity index (χ1v) is 12.0. The van der Waals surface area contributed by atoms with Crippen LogP contribution in [0.4, 0.5) is 25.8 Å². The third-order valence-corrected chi connectivity index (χ3v) is 7.62. The average molecular weight is 472 g/mol. The predicted molar refractivity (Wildman–Crippen MR) is 123 cm³/mol. The summed E-state index contributed by atoms with van der Waals surface area (Å²) >= 11 is 0. The first-order valence-electron chi connectivity index (χ1n) is 10.6. The van der Waals surface area contributed by atoms with E-state index in [0.29, 0.717) is 18.2 Å². The fourth-order valence-electron chi connectivity index (χ4n) is 4.34. The highest BCUT2D eigenvalue weighted by Gasteiger charge is 2.43. The molecule has 1 heterocycles. The normalized spacial score (nSPS) is 18.0. The Morgan fingerprint density at radius 3 is 2.23 bits per heavy atom. The number of hydrogen-bond donors (Lipinski definition) is 1. The Hall–Kier alpha value is -1.90. The maximum absolute atomic E-state index is 14.4. The van der Waals surface area contributed by atoms with Gasteiger partial charge < -0.3 is 5.32 Å². The maximum Gasteiger partial charge on any atom is 0.331 e. The summed E-state index contributed by atoms with van der Waals surface area (Å²) in [6, 6.07) is 10.6. The first kappa shape index (κ1) is 23.8. The van der Waals surface area contributed by atoms with Crippen molar-refractivity contribution in [3.63, 3.8) is 0 Å². The minimum atomic E-state index is -4.13. The highest BCUT2D eigenvalue weighted by Crippen LogP contribution is 2.46. The molecule has 170 valence electrons. The molecule has 2 aromatic rings. The molecule has 1 fully saturated rings. The molecule has 1 aliphatic carbocycles. The van der Waals surface area contributed by atoms with Gasteiger partial charge in [-0.15, -0.1) is 12.4 Å². The number of halogens is 3. The largest absolute Gasteiger partial charge is 0.331 e. The van der Waals surface area contributed by atoms with Crippen LogP contribution in [-0.4, -0.2) is 27.5 Å². The van der Waals surface area contributed by atoms with Gasteiger partial charge in [0, 0.05) is 12.6 Å². The third kappa shape index (κ3) is 4.81. The minimum absolute atomic E-state index is 0. The highest BCUT2D eigenvalue weighted by atomic mass is 35.5. The number of para-hydroxylation sites is 3. The van der Waals surface area contributed by atoms with E-state index in [1.165, 1.54) is 42.5 Å². The number of benzene rings is 2. The van der Waals surface area contributed by atoms with Crippen LogP contribution in [0.3, 0.4) is 0 Å². The topological polar surface area (TPSA) is 52.7 Å². The SMILES string of the molecule is Cl.O=S1(=O)N(CCCCNC2CCCCC2)c2ccccc2N1c1c(F)cccc1F. The lowest BCUT2D eigenvalue weighted by atomic mass is 9.95. The molecule has 0 atom stereocenters. The molecule has 0 aromatic heterocycles. The second-order valence-electron chi connectivity index (χ2n) is 7.90. The van der Waals surface area contributed by atoms with Crippen molar-refractivity contribution in [2.24, 2.45) is 0 Å². The lowest BCUT2D eigenvalue weighted by Gasteiger charge is -2.24. The van der Waals surface area contributed by atoms with E-state index in [1.54, 1.807) is 24.3 Å². The first-order chi connectivity index (χ1) is 14.5. The second-order valence-corrected chi connectivity index (χ2v) is 9.60. The summed E-state index contributed by atoms with van der Waals surface area (Å²) in [6.07, 6.45) is 7.74. The number of unbranched alkanes of at least 4 members (excludes halogenated alkanes) is 1. The molecule has 31 heavy (non-hydrogen) atoms. The molecule has 9 heteroatoms. The Kier molecular flexibility index (Phi) is 7.78. The predicted octanol–water partition coefficient (Wildman–Crippen LogP) is 5.29. The van der Waals surface area contributed by atoms with Crippen molar-refractivity contribution in [3.05, 3.63) is 54.1 Å². The van der Waals surface area contributed by atoms with Gasteiger partial charge in [-0.25, -0.2) is 13.1 Å². The number of fused-ring (bicyclic) bond motifs is 1. The number of hydrogen-bond acceptors (Lipinski definition) is 3. The molecule has 0 amide bonds. The second kappa shape index (κ2) is 10.1. The fourth-order valence-corrected chi connectivity index (χ4v) is 6.11. The van der Waals surface area contributed by atoms with Gasteiger partial charge in [0.25, 0.3) is 0 Å². The van der Waals surface area contributed by atoms with Gasteiger partial charge in [0.05, 0.1) is 11.4 Å². The van der Waals surface area contributed by atoms with Crippen LogP contribution in [0.2, 0.25) is 0 Å². The molecule has 5 nitrogen and oxygen atoms in total. The standard InChI is InChI=1S/C22H27F2N3O2S.ClH/c23-18-11-8-12-19(24)22(18)27-21-14-5-4-13-20(21)26(30(27,28)29)16-7-6-15-25-17-9-2-1-3-10-17;/h4-5,8,11-14,17,25H,1-3,6-7,9-10,15-16H2;1H. The van der Waals surface area contributed by atoms with Gasteiger partial charge in [-0.2, -0.15) is 8.42 Å². The lowest BCUT2D eigenvalue weighted by Crippen LogP contribution is -2.37. The molecule has 1 aliphatic heterocycles. The number of rotatable bonds is 7. The van der Waals surface area contributed by atoms with E-state index in [1.807, 2.05) is 0 Å². The Morgan fingerprint density at radius 1 is 0.903 bits per heavy atom. The van der Waals surface area contributed by atoms with E-state index in [9.17, 15) is 17.2 Å². The van der Waals surface area contributed by atoms with Crippen LogP contribution in [0.5, 0.6) is 0 Å². The summed E-state index contributed by atoms with van der Waals surface area (Å²) in [5.41, 5.74) is 0.147. The molecule has 0 unspecified atom stereocenters. The Labute approximate surface area is 189 Å². The quantitative estimate of drug-likeness (QED) is 0.558. The van der Waals surface area contributed by atoms with Crippen molar-refractivity contribution in [3.8, 4) is 0 Å². The molecule has 0 saturated heterocycles. The Balaban J connectivity index is 0.00000272. The van der Waals surface area contributed by atoms with Crippen LogP contribution in [0.15, 0.2) is 42.5 Å². The molecule has 0 radical (unpaired) electrons. The summed E-state index contributed by atoms with van der Waals surface area (Å²) in [6.45, 7) is 1.10. The summed E-state index contributed by atoms with van der Waals surface area (Å²) < 4.78 is 57.4. The molecule has 0 bridgehead atoms. The van der Waals surface area contributed by atoms with Gasteiger partial charge in [-0.3, -0.25) is 4.31 Å². The summed E-state index contributed by atoms with van der Waals surface area (Å²) in [7, 11) is -4.13. The zero-order valence-corrected chi connectivity index (χ0v) is 18.9. The molecule has 2 aromatic carbocycles. The van der Waals surface area contributed by atoms with E-state index < -0.39 is 27.5 Å². The van der Waals surface area contributed by atoms with Gasteiger partial charge in [0.1, 0.15) is 5.69 Å². The van der Waals surface area contributed by atoms with E-state index in [4.69, 9.17) is 0 Å². The van der Waals surface area contributed by atoms with Crippen molar-refractivity contribution in [1.29, 1.82) is 0 Å². The maximum atomic E-state index is 14.4.